The number of anilines is 1. The van der Waals surface area contributed by atoms with Gasteiger partial charge in [0.15, 0.2) is 0 Å². The van der Waals surface area contributed by atoms with E-state index < -0.39 is 23.7 Å². The van der Waals surface area contributed by atoms with E-state index in [2.05, 4.69) is 16.7 Å². The number of esters is 1. The Bertz CT molecular complexity index is 1100. The first-order chi connectivity index (χ1) is 15.4. The third-order valence-corrected chi connectivity index (χ3v) is 6.25. The largest absolute Gasteiger partial charge is 0.468 e. The van der Waals surface area contributed by atoms with Gasteiger partial charge in [-0.3, -0.25) is 14.4 Å². The summed E-state index contributed by atoms with van der Waals surface area (Å²) in [6, 6.07) is 16.7. The highest BCUT2D eigenvalue weighted by atomic mass is 32.2. The molecule has 1 aliphatic rings. The summed E-state index contributed by atoms with van der Waals surface area (Å²) in [5.41, 5.74) is 3.49. The minimum Gasteiger partial charge on any atom is -0.468 e. The number of carbonyl (C=O) groups excluding carboxylic acids is 3. The molecule has 2 N–H and O–H groups in total. The normalized spacial score (nSPS) is 17.9. The predicted octanol–water partition coefficient (Wildman–Crippen LogP) is 3.41. The number of benzene rings is 2. The van der Waals surface area contributed by atoms with Crippen molar-refractivity contribution >= 4 is 35.2 Å². The van der Waals surface area contributed by atoms with Crippen LogP contribution in [0, 0.1) is 31.1 Å². The zero-order valence-electron chi connectivity index (χ0n) is 18.0. The quantitative estimate of drug-likeness (QED) is 0.517. The van der Waals surface area contributed by atoms with Crippen LogP contribution >= 0.6 is 11.8 Å². The van der Waals surface area contributed by atoms with Gasteiger partial charge in [0.1, 0.15) is 5.92 Å². The minimum absolute atomic E-state index is 0.0149. The summed E-state index contributed by atoms with van der Waals surface area (Å²) in [5, 5.41) is 15.7. The van der Waals surface area contributed by atoms with Crippen LogP contribution < -0.4 is 10.6 Å². The lowest BCUT2D eigenvalue weighted by molar-refractivity contribution is -0.150. The van der Waals surface area contributed by atoms with Crippen LogP contribution in [0.15, 0.2) is 59.1 Å². The fourth-order valence-electron chi connectivity index (χ4n) is 3.66. The van der Waals surface area contributed by atoms with E-state index >= 15 is 0 Å². The molecule has 0 fully saturated rings. The SMILES string of the molecule is COC(=O)[C@@H]1C(=O)NC(SCC(=O)Nc2c(C)cccc2C)=C(C#N)[C@@H]1c1ccccc1. The van der Waals surface area contributed by atoms with Crippen LogP contribution in [-0.2, 0) is 19.1 Å². The van der Waals surface area contributed by atoms with E-state index in [1.54, 1.807) is 24.3 Å². The summed E-state index contributed by atoms with van der Waals surface area (Å²) in [6.45, 7) is 3.82. The first kappa shape index (κ1) is 23.1. The number of rotatable bonds is 6. The van der Waals surface area contributed by atoms with Crippen molar-refractivity contribution in [3.63, 3.8) is 0 Å². The molecule has 0 spiro atoms. The van der Waals surface area contributed by atoms with E-state index in [0.29, 0.717) is 5.56 Å². The zero-order chi connectivity index (χ0) is 23.3. The Kier molecular flexibility index (Phi) is 7.33. The van der Waals surface area contributed by atoms with Crippen molar-refractivity contribution in [3.05, 3.63) is 75.8 Å². The summed E-state index contributed by atoms with van der Waals surface area (Å²) in [6.07, 6.45) is 0. The summed E-state index contributed by atoms with van der Waals surface area (Å²) in [4.78, 5) is 37.8. The molecule has 164 valence electrons. The van der Waals surface area contributed by atoms with E-state index in [9.17, 15) is 19.6 Å². The van der Waals surface area contributed by atoms with Gasteiger partial charge in [-0.25, -0.2) is 0 Å². The van der Waals surface area contributed by atoms with E-state index in [-0.39, 0.29) is 22.3 Å². The van der Waals surface area contributed by atoms with Crippen LogP contribution in [0.25, 0.3) is 0 Å². The molecule has 0 bridgehead atoms. The molecule has 0 unspecified atom stereocenters. The number of aryl methyl sites for hydroxylation is 2. The summed E-state index contributed by atoms with van der Waals surface area (Å²) in [7, 11) is 1.20. The average molecular weight is 450 g/mol. The average Bonchev–Trinajstić information content (AvgIpc) is 2.79. The van der Waals surface area contributed by atoms with Crippen molar-refractivity contribution in [1.82, 2.24) is 5.32 Å². The molecule has 2 amide bonds. The summed E-state index contributed by atoms with van der Waals surface area (Å²) < 4.78 is 4.82. The lowest BCUT2D eigenvalue weighted by atomic mass is 9.78. The van der Waals surface area contributed by atoms with Crippen LogP contribution in [0.2, 0.25) is 0 Å². The highest BCUT2D eigenvalue weighted by Gasteiger charge is 2.44. The molecular formula is C24H23N3O4S. The Balaban J connectivity index is 1.88. The molecule has 0 saturated carbocycles. The number of nitriles is 1. The topological polar surface area (TPSA) is 108 Å². The first-order valence-corrected chi connectivity index (χ1v) is 10.9. The molecule has 0 aromatic heterocycles. The second kappa shape index (κ2) is 10.2. The second-order valence-electron chi connectivity index (χ2n) is 7.34. The molecule has 2 atom stereocenters. The monoisotopic (exact) mass is 449 g/mol. The highest BCUT2D eigenvalue weighted by Crippen LogP contribution is 2.40. The van der Waals surface area contributed by atoms with Gasteiger partial charge in [-0.1, -0.05) is 60.3 Å². The smallest absolute Gasteiger partial charge is 0.319 e. The van der Waals surface area contributed by atoms with Gasteiger partial charge in [0.25, 0.3) is 0 Å². The Hall–Kier alpha value is -3.57. The number of thioether (sulfide) groups is 1. The van der Waals surface area contributed by atoms with Crippen molar-refractivity contribution in [3.8, 4) is 6.07 Å². The van der Waals surface area contributed by atoms with E-state index in [1.165, 1.54) is 7.11 Å². The summed E-state index contributed by atoms with van der Waals surface area (Å²) >= 11 is 1.05. The molecule has 0 aliphatic carbocycles. The number of hydrogen-bond donors (Lipinski definition) is 2. The van der Waals surface area contributed by atoms with Crippen LogP contribution in [0.5, 0.6) is 0 Å². The van der Waals surface area contributed by atoms with Crippen LogP contribution in [0.3, 0.4) is 0 Å². The molecule has 2 aromatic carbocycles. The van der Waals surface area contributed by atoms with Gasteiger partial charge in [-0.05, 0) is 30.5 Å². The predicted molar refractivity (Wildman–Crippen MR) is 122 cm³/mol. The molecular weight excluding hydrogens is 426 g/mol. The number of methoxy groups -OCH3 is 1. The standard InChI is InChI=1S/C24H23N3O4S/c1-14-8-7-9-15(2)21(14)26-18(28)13-32-23-17(12-25)19(16-10-5-4-6-11-16)20(22(29)27-23)24(30)31-3/h4-11,19-20H,13H2,1-3H3,(H,26,28)(H,27,29)/t19-,20-/m0/s1. The van der Waals surface area contributed by atoms with Crippen molar-refractivity contribution in [2.24, 2.45) is 5.92 Å². The number of nitrogens with zero attached hydrogens (tertiary/aromatic N) is 1. The number of allylic oxidation sites excluding steroid dienone is 1. The Morgan fingerprint density at radius 3 is 2.38 bits per heavy atom. The van der Waals surface area contributed by atoms with Crippen LogP contribution in [-0.4, -0.2) is 30.6 Å². The molecule has 7 nitrogen and oxygen atoms in total. The third-order valence-electron chi connectivity index (χ3n) is 5.24. The second-order valence-corrected chi connectivity index (χ2v) is 8.32. The molecule has 32 heavy (non-hydrogen) atoms. The van der Waals surface area contributed by atoms with Gasteiger partial charge < -0.3 is 15.4 Å². The van der Waals surface area contributed by atoms with Crippen molar-refractivity contribution in [2.75, 3.05) is 18.2 Å². The Labute approximate surface area is 190 Å². The van der Waals surface area contributed by atoms with Crippen LogP contribution in [0.1, 0.15) is 22.6 Å². The van der Waals surface area contributed by atoms with Gasteiger partial charge in [-0.15, -0.1) is 0 Å². The Morgan fingerprint density at radius 2 is 1.78 bits per heavy atom. The lowest BCUT2D eigenvalue weighted by Crippen LogP contribution is -2.44. The maximum atomic E-state index is 12.8. The number of amides is 2. The van der Waals surface area contributed by atoms with Crippen LogP contribution in [0.4, 0.5) is 5.69 Å². The van der Waals surface area contributed by atoms with Gasteiger partial charge in [0.05, 0.1) is 29.5 Å². The van der Waals surface area contributed by atoms with Crippen molar-refractivity contribution in [1.29, 1.82) is 5.26 Å². The molecule has 8 heteroatoms. The van der Waals surface area contributed by atoms with Crippen molar-refractivity contribution < 1.29 is 19.1 Å². The van der Waals surface area contributed by atoms with Gasteiger partial charge in [0.2, 0.25) is 11.8 Å². The maximum absolute atomic E-state index is 12.8. The third kappa shape index (κ3) is 4.84. The van der Waals surface area contributed by atoms with Gasteiger partial charge in [-0.2, -0.15) is 5.26 Å². The Morgan fingerprint density at radius 1 is 1.12 bits per heavy atom. The molecule has 0 radical (unpaired) electrons. The molecule has 2 aromatic rings. The van der Waals surface area contributed by atoms with E-state index in [4.69, 9.17) is 4.74 Å². The first-order valence-electron chi connectivity index (χ1n) is 9.94. The molecule has 1 heterocycles. The maximum Gasteiger partial charge on any atom is 0.319 e. The zero-order valence-corrected chi connectivity index (χ0v) is 18.8. The van der Waals surface area contributed by atoms with Crippen molar-refractivity contribution in [2.45, 2.75) is 19.8 Å². The molecule has 0 saturated heterocycles. The van der Waals surface area contributed by atoms with E-state index in [0.717, 1.165) is 28.6 Å². The van der Waals surface area contributed by atoms with Gasteiger partial charge >= 0.3 is 5.97 Å². The number of nitrogens with one attached hydrogen (secondary N) is 2. The lowest BCUT2D eigenvalue weighted by Gasteiger charge is -2.30. The fourth-order valence-corrected chi connectivity index (χ4v) is 4.51. The highest BCUT2D eigenvalue weighted by molar-refractivity contribution is 8.03. The molecule has 3 rings (SSSR count). The minimum atomic E-state index is -1.19. The number of para-hydroxylation sites is 1. The van der Waals surface area contributed by atoms with Gasteiger partial charge in [0, 0.05) is 11.6 Å². The molecule has 1 aliphatic heterocycles. The summed E-state index contributed by atoms with van der Waals surface area (Å²) in [5.74, 6) is -3.56. The number of ether oxygens (including phenoxy) is 1. The fraction of sp³-hybridized carbons (Fsp3) is 0.250. The number of carbonyl (C=O) groups is 3. The number of hydrogen-bond acceptors (Lipinski definition) is 6. The van der Waals surface area contributed by atoms with E-state index in [1.807, 2.05) is 38.1 Å².